The summed E-state index contributed by atoms with van der Waals surface area (Å²) >= 11 is 0. The number of anilines is 2. The molecule has 0 aliphatic carbocycles. The van der Waals surface area contributed by atoms with Gasteiger partial charge in [0.25, 0.3) is 0 Å². The molecule has 0 saturated heterocycles. The molecule has 0 radical (unpaired) electrons. The minimum Gasteiger partial charge on any atom is -0.394 e. The Balaban J connectivity index is 3.11. The van der Waals surface area contributed by atoms with Crippen molar-refractivity contribution in [3.8, 4) is 0 Å². The van der Waals surface area contributed by atoms with Gasteiger partial charge in [-0.25, -0.2) is 4.68 Å². The first-order valence-electron chi connectivity index (χ1n) is 6.60. The van der Waals surface area contributed by atoms with Crippen molar-refractivity contribution in [3.63, 3.8) is 0 Å². The lowest BCUT2D eigenvalue weighted by Gasteiger charge is -2.30. The molecule has 0 saturated carbocycles. The predicted octanol–water partition coefficient (Wildman–Crippen LogP) is 1.78. The quantitative estimate of drug-likeness (QED) is 0.812. The maximum absolute atomic E-state index is 9.99. The first-order chi connectivity index (χ1) is 8.30. The van der Waals surface area contributed by atoms with Crippen LogP contribution in [0.25, 0.3) is 0 Å². The summed E-state index contributed by atoms with van der Waals surface area (Å²) in [5.74, 6) is 0.930. The van der Waals surface area contributed by atoms with E-state index < -0.39 is 5.60 Å². The number of nitrogens with zero attached hydrogens (tertiary/aromatic N) is 3. The van der Waals surface area contributed by atoms with Gasteiger partial charge in [-0.3, -0.25) is 0 Å². The average Bonchev–Trinajstić information content (AvgIpc) is 2.51. The molecule has 0 fully saturated rings. The van der Waals surface area contributed by atoms with Gasteiger partial charge < -0.3 is 15.7 Å². The SMILES string of the molecule is CCCn1nc(C)c(N)c1N(CC)CC(C)(C)O. The zero-order valence-corrected chi connectivity index (χ0v) is 12.2. The topological polar surface area (TPSA) is 67.3 Å². The molecule has 3 N–H and O–H groups in total. The molecule has 0 spiro atoms. The van der Waals surface area contributed by atoms with Crippen molar-refractivity contribution in [3.05, 3.63) is 5.69 Å². The third kappa shape index (κ3) is 3.38. The van der Waals surface area contributed by atoms with E-state index in [9.17, 15) is 5.11 Å². The van der Waals surface area contributed by atoms with Gasteiger partial charge in [0.1, 0.15) is 0 Å². The normalized spacial score (nSPS) is 11.9. The van der Waals surface area contributed by atoms with Gasteiger partial charge in [-0.15, -0.1) is 0 Å². The molecule has 0 amide bonds. The zero-order valence-electron chi connectivity index (χ0n) is 12.2. The average molecular weight is 254 g/mol. The number of hydrogen-bond donors (Lipinski definition) is 2. The van der Waals surface area contributed by atoms with E-state index in [1.807, 2.05) is 11.6 Å². The summed E-state index contributed by atoms with van der Waals surface area (Å²) in [5, 5.41) is 14.5. The Bertz CT molecular complexity index is 392. The third-order valence-corrected chi connectivity index (χ3v) is 2.84. The molecule has 0 atom stereocenters. The van der Waals surface area contributed by atoms with Crippen LogP contribution in [-0.4, -0.2) is 33.6 Å². The van der Waals surface area contributed by atoms with Crippen LogP contribution < -0.4 is 10.6 Å². The molecular weight excluding hydrogens is 228 g/mol. The highest BCUT2D eigenvalue weighted by atomic mass is 16.3. The number of nitrogen functional groups attached to an aromatic ring is 1. The van der Waals surface area contributed by atoms with Gasteiger partial charge in [0.15, 0.2) is 5.82 Å². The van der Waals surface area contributed by atoms with Crippen LogP contribution in [0.1, 0.15) is 39.8 Å². The second-order valence-electron chi connectivity index (χ2n) is 5.37. The zero-order chi connectivity index (χ0) is 13.9. The van der Waals surface area contributed by atoms with Crippen LogP contribution >= 0.6 is 0 Å². The summed E-state index contributed by atoms with van der Waals surface area (Å²) < 4.78 is 1.94. The van der Waals surface area contributed by atoms with Crippen molar-refractivity contribution >= 4 is 11.5 Å². The highest BCUT2D eigenvalue weighted by Gasteiger charge is 2.23. The molecule has 0 bridgehead atoms. The molecule has 104 valence electrons. The maximum Gasteiger partial charge on any atom is 0.150 e. The second kappa shape index (κ2) is 5.61. The molecule has 0 aromatic carbocycles. The minimum absolute atomic E-state index is 0.544. The van der Waals surface area contributed by atoms with Gasteiger partial charge in [-0.05, 0) is 34.1 Å². The number of nitrogens with two attached hydrogens (primary N) is 1. The molecule has 0 aliphatic rings. The van der Waals surface area contributed by atoms with Gasteiger partial charge in [0, 0.05) is 19.6 Å². The van der Waals surface area contributed by atoms with Crippen LogP contribution in [0.3, 0.4) is 0 Å². The smallest absolute Gasteiger partial charge is 0.150 e. The number of aryl methyl sites for hydroxylation is 2. The van der Waals surface area contributed by atoms with Crippen molar-refractivity contribution in [1.29, 1.82) is 0 Å². The number of aromatic nitrogens is 2. The van der Waals surface area contributed by atoms with Crippen LogP contribution in [0.5, 0.6) is 0 Å². The molecule has 18 heavy (non-hydrogen) atoms. The van der Waals surface area contributed by atoms with Crippen molar-refractivity contribution < 1.29 is 5.11 Å². The van der Waals surface area contributed by atoms with E-state index in [2.05, 4.69) is 23.8 Å². The molecule has 0 unspecified atom stereocenters. The van der Waals surface area contributed by atoms with Crippen LogP contribution in [0.15, 0.2) is 0 Å². The lowest BCUT2D eigenvalue weighted by atomic mass is 10.1. The predicted molar refractivity (Wildman–Crippen MR) is 75.9 cm³/mol. The van der Waals surface area contributed by atoms with Crippen LogP contribution in [-0.2, 0) is 6.54 Å². The largest absolute Gasteiger partial charge is 0.394 e. The summed E-state index contributed by atoms with van der Waals surface area (Å²) in [6.45, 7) is 11.9. The molecular formula is C13H26N4O. The Morgan fingerprint density at radius 3 is 2.44 bits per heavy atom. The maximum atomic E-state index is 9.99. The summed E-state index contributed by atoms with van der Waals surface area (Å²) in [5.41, 5.74) is 6.94. The van der Waals surface area contributed by atoms with Crippen molar-refractivity contribution in [2.24, 2.45) is 0 Å². The monoisotopic (exact) mass is 254 g/mol. The van der Waals surface area contributed by atoms with E-state index in [-0.39, 0.29) is 0 Å². The molecule has 5 heteroatoms. The Kier molecular flexibility index (Phi) is 4.62. The Labute approximate surface area is 110 Å². The summed E-state index contributed by atoms with van der Waals surface area (Å²) in [4.78, 5) is 2.09. The highest BCUT2D eigenvalue weighted by molar-refractivity contribution is 5.66. The number of hydrogen-bond acceptors (Lipinski definition) is 4. The van der Waals surface area contributed by atoms with Crippen LogP contribution in [0, 0.1) is 6.92 Å². The van der Waals surface area contributed by atoms with Gasteiger partial charge in [-0.2, -0.15) is 5.10 Å². The molecule has 1 aromatic heterocycles. The van der Waals surface area contributed by atoms with E-state index in [0.717, 1.165) is 36.7 Å². The standard InChI is InChI=1S/C13H26N4O/c1-6-8-17-12(11(14)10(3)15-17)16(7-2)9-13(4,5)18/h18H,6-9,14H2,1-5H3. The second-order valence-corrected chi connectivity index (χ2v) is 5.37. The number of rotatable bonds is 6. The first-order valence-corrected chi connectivity index (χ1v) is 6.60. The summed E-state index contributed by atoms with van der Waals surface area (Å²) in [6.07, 6.45) is 1.01. The van der Waals surface area contributed by atoms with E-state index >= 15 is 0 Å². The van der Waals surface area contributed by atoms with Crippen LogP contribution in [0.2, 0.25) is 0 Å². The molecule has 0 aliphatic heterocycles. The fourth-order valence-corrected chi connectivity index (χ4v) is 2.09. The fraction of sp³-hybridized carbons (Fsp3) is 0.769. The first kappa shape index (κ1) is 14.8. The Morgan fingerprint density at radius 1 is 1.39 bits per heavy atom. The minimum atomic E-state index is -0.752. The van der Waals surface area contributed by atoms with Crippen molar-refractivity contribution in [2.75, 3.05) is 23.7 Å². The fourth-order valence-electron chi connectivity index (χ4n) is 2.09. The van der Waals surface area contributed by atoms with E-state index in [4.69, 9.17) is 5.73 Å². The lowest BCUT2D eigenvalue weighted by Crippen LogP contribution is -2.40. The lowest BCUT2D eigenvalue weighted by molar-refractivity contribution is 0.0872. The van der Waals surface area contributed by atoms with Crippen molar-refractivity contribution in [2.45, 2.75) is 53.2 Å². The van der Waals surface area contributed by atoms with Gasteiger partial charge in [0.05, 0.1) is 17.0 Å². The van der Waals surface area contributed by atoms with Gasteiger partial charge in [-0.1, -0.05) is 6.92 Å². The van der Waals surface area contributed by atoms with Crippen molar-refractivity contribution in [1.82, 2.24) is 9.78 Å². The Hall–Kier alpha value is -1.23. The Morgan fingerprint density at radius 2 is 2.00 bits per heavy atom. The van der Waals surface area contributed by atoms with Gasteiger partial charge >= 0.3 is 0 Å². The summed E-state index contributed by atoms with van der Waals surface area (Å²) in [6, 6.07) is 0. The summed E-state index contributed by atoms with van der Waals surface area (Å²) in [7, 11) is 0. The molecule has 1 aromatic rings. The van der Waals surface area contributed by atoms with E-state index in [1.54, 1.807) is 13.8 Å². The molecule has 1 rings (SSSR count). The number of likely N-dealkylation sites (N-methyl/N-ethyl adjacent to an activating group) is 1. The third-order valence-electron chi connectivity index (χ3n) is 2.84. The molecule has 5 nitrogen and oxygen atoms in total. The highest BCUT2D eigenvalue weighted by Crippen LogP contribution is 2.27. The van der Waals surface area contributed by atoms with E-state index in [0.29, 0.717) is 6.54 Å². The molecule has 1 heterocycles. The van der Waals surface area contributed by atoms with E-state index in [1.165, 1.54) is 0 Å². The number of aliphatic hydroxyl groups is 1. The van der Waals surface area contributed by atoms with Gasteiger partial charge in [0.2, 0.25) is 0 Å². The van der Waals surface area contributed by atoms with Crippen LogP contribution in [0.4, 0.5) is 11.5 Å².